The van der Waals surface area contributed by atoms with Gasteiger partial charge >= 0.3 is 0 Å². The number of carbonyl (C=O) groups excluding carboxylic acids is 1. The van der Waals surface area contributed by atoms with Gasteiger partial charge in [0.25, 0.3) is 5.91 Å². The first kappa shape index (κ1) is 14.7. The van der Waals surface area contributed by atoms with Crippen molar-refractivity contribution in [3.63, 3.8) is 0 Å². The first-order chi connectivity index (χ1) is 10.0. The predicted molar refractivity (Wildman–Crippen MR) is 82.0 cm³/mol. The highest BCUT2D eigenvalue weighted by Gasteiger charge is 2.11. The predicted octanol–water partition coefficient (Wildman–Crippen LogP) is 2.74. The number of anilines is 1. The molecule has 0 unspecified atom stereocenters. The topological polar surface area (TPSA) is 73.6 Å². The van der Waals surface area contributed by atoms with Gasteiger partial charge < -0.3 is 20.5 Å². The summed E-state index contributed by atoms with van der Waals surface area (Å²) in [5.74, 6) is 1.37. The number of nitrogens with one attached hydrogen (secondary N) is 1. The molecule has 2 aromatic carbocycles. The second-order valence-electron chi connectivity index (χ2n) is 4.59. The van der Waals surface area contributed by atoms with Gasteiger partial charge in [-0.1, -0.05) is 6.07 Å². The molecule has 0 saturated carbocycles. The molecule has 3 N–H and O–H groups in total. The Labute approximate surface area is 123 Å². The molecule has 0 atom stereocenters. The van der Waals surface area contributed by atoms with Crippen LogP contribution in [0, 0.1) is 6.92 Å². The summed E-state index contributed by atoms with van der Waals surface area (Å²) >= 11 is 0. The summed E-state index contributed by atoms with van der Waals surface area (Å²) in [5.41, 5.74) is 7.89. The van der Waals surface area contributed by atoms with Crippen molar-refractivity contribution in [3.05, 3.63) is 47.5 Å². The summed E-state index contributed by atoms with van der Waals surface area (Å²) < 4.78 is 11.1. The number of benzene rings is 2. The monoisotopic (exact) mass is 286 g/mol. The summed E-state index contributed by atoms with van der Waals surface area (Å²) in [6, 6.07) is 10.5. The highest BCUT2D eigenvalue weighted by Crippen LogP contribution is 2.35. The zero-order valence-electron chi connectivity index (χ0n) is 12.3. The fraction of sp³-hybridized carbons (Fsp3) is 0.188. The number of nitrogen functional groups attached to an aromatic ring is 1. The SMILES string of the molecule is CNC(=O)c1ccc(N)c(Oc2ccc(C)cc2OC)c1. The van der Waals surface area contributed by atoms with E-state index in [4.69, 9.17) is 15.2 Å². The molecule has 2 aromatic rings. The lowest BCUT2D eigenvalue weighted by Gasteiger charge is -2.13. The molecule has 0 fully saturated rings. The highest BCUT2D eigenvalue weighted by molar-refractivity contribution is 5.95. The summed E-state index contributed by atoms with van der Waals surface area (Å²) in [4.78, 5) is 11.7. The van der Waals surface area contributed by atoms with Crippen molar-refractivity contribution in [3.8, 4) is 17.2 Å². The van der Waals surface area contributed by atoms with Crippen molar-refractivity contribution in [2.24, 2.45) is 0 Å². The van der Waals surface area contributed by atoms with Crippen LogP contribution in [0.15, 0.2) is 36.4 Å². The maximum Gasteiger partial charge on any atom is 0.251 e. The second kappa shape index (κ2) is 6.17. The first-order valence-corrected chi connectivity index (χ1v) is 6.49. The fourth-order valence-corrected chi connectivity index (χ4v) is 1.89. The molecule has 0 aromatic heterocycles. The lowest BCUT2D eigenvalue weighted by molar-refractivity contribution is 0.0963. The van der Waals surface area contributed by atoms with Crippen LogP contribution in [0.3, 0.4) is 0 Å². The summed E-state index contributed by atoms with van der Waals surface area (Å²) in [5, 5.41) is 2.56. The van der Waals surface area contributed by atoms with Gasteiger partial charge in [0.15, 0.2) is 17.2 Å². The Balaban J connectivity index is 2.37. The molecule has 0 spiro atoms. The zero-order chi connectivity index (χ0) is 15.4. The molecule has 0 aliphatic heterocycles. The van der Waals surface area contributed by atoms with Crippen LogP contribution in [0.2, 0.25) is 0 Å². The molecule has 0 bridgehead atoms. The molecule has 0 radical (unpaired) electrons. The Kier molecular flexibility index (Phi) is 4.33. The number of aryl methyl sites for hydroxylation is 1. The molecule has 5 nitrogen and oxygen atoms in total. The van der Waals surface area contributed by atoms with E-state index in [1.807, 2.05) is 19.1 Å². The zero-order valence-corrected chi connectivity index (χ0v) is 12.3. The van der Waals surface area contributed by atoms with Crippen molar-refractivity contribution >= 4 is 11.6 Å². The van der Waals surface area contributed by atoms with E-state index in [1.165, 1.54) is 0 Å². The van der Waals surface area contributed by atoms with Crippen LogP contribution in [0.25, 0.3) is 0 Å². The maximum atomic E-state index is 11.7. The number of rotatable bonds is 4. The van der Waals surface area contributed by atoms with E-state index in [9.17, 15) is 4.79 Å². The minimum absolute atomic E-state index is 0.198. The normalized spacial score (nSPS) is 10.0. The van der Waals surface area contributed by atoms with Gasteiger partial charge in [0.1, 0.15) is 0 Å². The van der Waals surface area contributed by atoms with Crippen LogP contribution in [-0.2, 0) is 0 Å². The van der Waals surface area contributed by atoms with Crippen molar-refractivity contribution < 1.29 is 14.3 Å². The molecule has 0 aliphatic rings. The van der Waals surface area contributed by atoms with Crippen LogP contribution in [-0.4, -0.2) is 20.1 Å². The highest BCUT2D eigenvalue weighted by atomic mass is 16.5. The van der Waals surface area contributed by atoms with E-state index < -0.39 is 0 Å². The maximum absolute atomic E-state index is 11.7. The van der Waals surface area contributed by atoms with Crippen molar-refractivity contribution in [1.82, 2.24) is 5.32 Å². The molecule has 21 heavy (non-hydrogen) atoms. The summed E-state index contributed by atoms with van der Waals surface area (Å²) in [7, 11) is 3.15. The van der Waals surface area contributed by atoms with Crippen LogP contribution in [0.4, 0.5) is 5.69 Å². The van der Waals surface area contributed by atoms with Crippen LogP contribution in [0.1, 0.15) is 15.9 Å². The van der Waals surface area contributed by atoms with Gasteiger partial charge in [0.05, 0.1) is 12.8 Å². The number of methoxy groups -OCH3 is 1. The first-order valence-electron chi connectivity index (χ1n) is 6.49. The number of nitrogens with two attached hydrogens (primary N) is 1. The Morgan fingerprint density at radius 1 is 1.10 bits per heavy atom. The van der Waals surface area contributed by atoms with Gasteiger partial charge in [-0.15, -0.1) is 0 Å². The van der Waals surface area contributed by atoms with Gasteiger partial charge in [-0.2, -0.15) is 0 Å². The third kappa shape index (κ3) is 3.25. The van der Waals surface area contributed by atoms with Gasteiger partial charge in [-0.3, -0.25) is 4.79 Å². The number of hydrogen-bond donors (Lipinski definition) is 2. The molecule has 0 heterocycles. The van der Waals surface area contributed by atoms with E-state index >= 15 is 0 Å². The van der Waals surface area contributed by atoms with E-state index in [-0.39, 0.29) is 5.91 Å². The molecule has 5 heteroatoms. The van der Waals surface area contributed by atoms with Gasteiger partial charge in [0.2, 0.25) is 0 Å². The smallest absolute Gasteiger partial charge is 0.251 e. The molecule has 0 saturated heterocycles. The van der Waals surface area contributed by atoms with Crippen molar-refractivity contribution in [2.75, 3.05) is 19.9 Å². The average Bonchev–Trinajstić information content (AvgIpc) is 2.50. The van der Waals surface area contributed by atoms with Crippen LogP contribution in [0.5, 0.6) is 17.2 Å². The summed E-state index contributed by atoms with van der Waals surface area (Å²) in [6.45, 7) is 1.97. The van der Waals surface area contributed by atoms with Crippen LogP contribution < -0.4 is 20.5 Å². The third-order valence-corrected chi connectivity index (χ3v) is 3.04. The Hall–Kier alpha value is -2.69. The minimum atomic E-state index is -0.198. The lowest BCUT2D eigenvalue weighted by Crippen LogP contribution is -2.17. The Morgan fingerprint density at radius 3 is 2.52 bits per heavy atom. The molecule has 1 amide bonds. The van der Waals surface area contributed by atoms with Crippen molar-refractivity contribution in [1.29, 1.82) is 0 Å². The van der Waals surface area contributed by atoms with Crippen molar-refractivity contribution in [2.45, 2.75) is 6.92 Å². The van der Waals surface area contributed by atoms with E-state index in [0.717, 1.165) is 5.56 Å². The Morgan fingerprint density at radius 2 is 1.86 bits per heavy atom. The number of hydrogen-bond acceptors (Lipinski definition) is 4. The molecule has 0 aliphatic carbocycles. The van der Waals surface area contributed by atoms with Gasteiger partial charge in [-0.05, 0) is 42.8 Å². The van der Waals surface area contributed by atoms with E-state index in [1.54, 1.807) is 38.4 Å². The van der Waals surface area contributed by atoms with E-state index in [2.05, 4.69) is 5.32 Å². The number of carbonyl (C=O) groups is 1. The molecule has 110 valence electrons. The van der Waals surface area contributed by atoms with Crippen LogP contribution >= 0.6 is 0 Å². The quantitative estimate of drug-likeness (QED) is 0.848. The molecular formula is C16H18N2O3. The fourth-order valence-electron chi connectivity index (χ4n) is 1.89. The Bertz CT molecular complexity index is 669. The third-order valence-electron chi connectivity index (χ3n) is 3.04. The minimum Gasteiger partial charge on any atom is -0.493 e. The lowest BCUT2D eigenvalue weighted by atomic mass is 10.1. The summed E-state index contributed by atoms with van der Waals surface area (Å²) in [6.07, 6.45) is 0. The van der Waals surface area contributed by atoms with E-state index in [0.29, 0.717) is 28.5 Å². The standard InChI is InChI=1S/C16H18N2O3/c1-10-4-7-13(15(8-10)20-3)21-14-9-11(16(19)18-2)5-6-12(14)17/h4-9H,17H2,1-3H3,(H,18,19). The molecule has 2 rings (SSSR count). The number of amides is 1. The second-order valence-corrected chi connectivity index (χ2v) is 4.59. The molecular weight excluding hydrogens is 268 g/mol. The van der Waals surface area contributed by atoms with Gasteiger partial charge in [0, 0.05) is 12.6 Å². The van der Waals surface area contributed by atoms with Gasteiger partial charge in [-0.25, -0.2) is 0 Å². The average molecular weight is 286 g/mol. The number of ether oxygens (including phenoxy) is 2. The largest absolute Gasteiger partial charge is 0.493 e.